The third-order valence-electron chi connectivity index (χ3n) is 5.26. The molecule has 2 heterocycles. The molecule has 1 amide bonds. The summed E-state index contributed by atoms with van der Waals surface area (Å²) in [7, 11) is 0. The molecule has 0 radical (unpaired) electrons. The Kier molecular flexibility index (Phi) is 6.05. The normalized spacial score (nSPS) is 13.9. The largest absolute Gasteiger partial charge is 0.383 e. The van der Waals surface area contributed by atoms with Crippen molar-refractivity contribution in [3.8, 4) is 0 Å². The van der Waals surface area contributed by atoms with Gasteiger partial charge in [-0.2, -0.15) is 0 Å². The van der Waals surface area contributed by atoms with Gasteiger partial charge in [0.15, 0.2) is 0 Å². The van der Waals surface area contributed by atoms with Gasteiger partial charge in [0.2, 0.25) is 0 Å². The van der Waals surface area contributed by atoms with Gasteiger partial charge in [-0.1, -0.05) is 48.5 Å². The van der Waals surface area contributed by atoms with Gasteiger partial charge >= 0.3 is 0 Å². The van der Waals surface area contributed by atoms with Crippen molar-refractivity contribution in [2.45, 2.75) is 6.42 Å². The molecule has 1 saturated heterocycles. The number of aromatic nitrogens is 1. The fourth-order valence-electron chi connectivity index (χ4n) is 3.59. The molecule has 0 aliphatic carbocycles. The molecule has 1 N–H and O–H groups in total. The average molecular weight is 386 g/mol. The molecule has 5 heteroatoms. The number of pyridine rings is 1. The van der Waals surface area contributed by atoms with Gasteiger partial charge in [-0.3, -0.25) is 4.79 Å². The van der Waals surface area contributed by atoms with Crippen molar-refractivity contribution in [2.75, 3.05) is 42.9 Å². The summed E-state index contributed by atoms with van der Waals surface area (Å²) in [6, 6.07) is 24.5. The Morgan fingerprint density at radius 3 is 2.21 bits per heavy atom. The van der Waals surface area contributed by atoms with Crippen molar-refractivity contribution in [1.82, 2.24) is 9.88 Å². The van der Waals surface area contributed by atoms with Crippen LogP contribution in [0.15, 0.2) is 79.0 Å². The Morgan fingerprint density at radius 1 is 0.862 bits per heavy atom. The third-order valence-corrected chi connectivity index (χ3v) is 5.26. The van der Waals surface area contributed by atoms with E-state index in [1.165, 1.54) is 11.3 Å². The van der Waals surface area contributed by atoms with Gasteiger partial charge < -0.3 is 15.1 Å². The Hall–Kier alpha value is -3.34. The molecule has 1 fully saturated rings. The maximum atomic E-state index is 12.8. The molecule has 0 unspecified atom stereocenters. The molecule has 5 nitrogen and oxygen atoms in total. The molecule has 4 rings (SSSR count). The molecule has 148 valence electrons. The second-order valence-electron chi connectivity index (χ2n) is 7.21. The summed E-state index contributed by atoms with van der Waals surface area (Å²) in [6.07, 6.45) is 2.70. The van der Waals surface area contributed by atoms with Gasteiger partial charge in [0.1, 0.15) is 5.69 Å². The Balaban J connectivity index is 1.27. The van der Waals surface area contributed by atoms with Crippen LogP contribution in [-0.2, 0) is 6.42 Å². The van der Waals surface area contributed by atoms with E-state index in [0.717, 1.165) is 31.7 Å². The van der Waals surface area contributed by atoms with Crippen LogP contribution in [0.1, 0.15) is 16.1 Å². The van der Waals surface area contributed by atoms with E-state index >= 15 is 0 Å². The van der Waals surface area contributed by atoms with E-state index in [1.54, 1.807) is 6.20 Å². The number of nitrogens with zero attached hydrogens (tertiary/aromatic N) is 3. The standard InChI is InChI=1S/C24H26N4O/c29-24(28-17-15-27(16-18-28)22-9-5-2-6-10-22)23-12-11-21(19-26-23)25-14-13-20-7-3-1-4-8-20/h1-12,19,25H,13-18H2. The molecule has 0 saturated carbocycles. The number of amides is 1. The number of hydrogen-bond donors (Lipinski definition) is 1. The van der Waals surface area contributed by atoms with E-state index in [4.69, 9.17) is 0 Å². The Morgan fingerprint density at radius 2 is 1.55 bits per heavy atom. The number of piperazine rings is 1. The van der Waals surface area contributed by atoms with Crippen LogP contribution in [0.3, 0.4) is 0 Å². The first-order valence-electron chi connectivity index (χ1n) is 10.1. The summed E-state index contributed by atoms with van der Waals surface area (Å²) in [5.41, 5.74) is 3.95. The van der Waals surface area contributed by atoms with Crippen molar-refractivity contribution in [3.05, 3.63) is 90.3 Å². The molecule has 0 atom stereocenters. The van der Waals surface area contributed by atoms with E-state index in [2.05, 4.69) is 51.6 Å². The lowest BCUT2D eigenvalue weighted by Crippen LogP contribution is -2.49. The predicted octanol–water partition coefficient (Wildman–Crippen LogP) is 3.70. The van der Waals surface area contributed by atoms with Crippen LogP contribution >= 0.6 is 0 Å². The van der Waals surface area contributed by atoms with Gasteiger partial charge in [-0.25, -0.2) is 4.98 Å². The van der Waals surface area contributed by atoms with Crippen LogP contribution in [0.25, 0.3) is 0 Å². The lowest BCUT2D eigenvalue weighted by atomic mass is 10.1. The Bertz CT molecular complexity index is 905. The summed E-state index contributed by atoms with van der Waals surface area (Å²) in [5, 5.41) is 3.37. The van der Waals surface area contributed by atoms with Gasteiger partial charge in [0.25, 0.3) is 5.91 Å². The highest BCUT2D eigenvalue weighted by atomic mass is 16.2. The summed E-state index contributed by atoms with van der Waals surface area (Å²) in [5.74, 6) is 0.00791. The number of nitrogens with one attached hydrogen (secondary N) is 1. The zero-order valence-corrected chi connectivity index (χ0v) is 16.5. The van der Waals surface area contributed by atoms with Crippen LogP contribution in [0, 0.1) is 0 Å². The molecule has 1 aliphatic rings. The minimum Gasteiger partial charge on any atom is -0.383 e. The fraction of sp³-hybridized carbons (Fsp3) is 0.250. The van der Waals surface area contributed by atoms with E-state index in [0.29, 0.717) is 18.8 Å². The monoisotopic (exact) mass is 386 g/mol. The minimum atomic E-state index is 0.00791. The quantitative estimate of drug-likeness (QED) is 0.702. The van der Waals surface area contributed by atoms with Crippen molar-refractivity contribution < 1.29 is 4.79 Å². The van der Waals surface area contributed by atoms with Crippen LogP contribution in [0.2, 0.25) is 0 Å². The minimum absolute atomic E-state index is 0.00791. The van der Waals surface area contributed by atoms with Crippen LogP contribution < -0.4 is 10.2 Å². The van der Waals surface area contributed by atoms with Gasteiger partial charge in [0.05, 0.1) is 11.9 Å². The molecule has 1 aliphatic heterocycles. The number of carbonyl (C=O) groups is 1. The number of benzene rings is 2. The van der Waals surface area contributed by atoms with Gasteiger partial charge in [0, 0.05) is 38.4 Å². The van der Waals surface area contributed by atoms with E-state index < -0.39 is 0 Å². The second kappa shape index (κ2) is 9.24. The number of carbonyl (C=O) groups excluding carboxylic acids is 1. The third kappa shape index (κ3) is 4.93. The first-order valence-corrected chi connectivity index (χ1v) is 10.1. The smallest absolute Gasteiger partial charge is 0.272 e. The Labute approximate surface area is 172 Å². The fourth-order valence-corrected chi connectivity index (χ4v) is 3.59. The zero-order chi connectivity index (χ0) is 19.9. The van der Waals surface area contributed by atoms with Crippen LogP contribution in [-0.4, -0.2) is 48.5 Å². The first-order chi connectivity index (χ1) is 14.3. The maximum absolute atomic E-state index is 12.8. The highest BCUT2D eigenvalue weighted by Crippen LogP contribution is 2.17. The van der Waals surface area contributed by atoms with E-state index in [1.807, 2.05) is 41.3 Å². The molecule has 29 heavy (non-hydrogen) atoms. The molecule has 0 bridgehead atoms. The van der Waals surface area contributed by atoms with Gasteiger partial charge in [-0.15, -0.1) is 0 Å². The molecule has 1 aromatic heterocycles. The molecular formula is C24H26N4O. The summed E-state index contributed by atoms with van der Waals surface area (Å²) >= 11 is 0. The highest BCUT2D eigenvalue weighted by molar-refractivity contribution is 5.92. The first kappa shape index (κ1) is 19.0. The predicted molar refractivity (Wildman–Crippen MR) is 117 cm³/mol. The lowest BCUT2D eigenvalue weighted by molar-refractivity contribution is 0.0741. The topological polar surface area (TPSA) is 48.5 Å². The van der Waals surface area contributed by atoms with Crippen molar-refractivity contribution in [3.63, 3.8) is 0 Å². The van der Waals surface area contributed by atoms with Crippen LogP contribution in [0.5, 0.6) is 0 Å². The zero-order valence-electron chi connectivity index (χ0n) is 16.5. The van der Waals surface area contributed by atoms with Crippen molar-refractivity contribution >= 4 is 17.3 Å². The molecule has 3 aromatic rings. The van der Waals surface area contributed by atoms with Gasteiger partial charge in [-0.05, 0) is 36.2 Å². The SMILES string of the molecule is O=C(c1ccc(NCCc2ccccc2)cn1)N1CCN(c2ccccc2)CC1. The van der Waals surface area contributed by atoms with E-state index in [9.17, 15) is 4.79 Å². The molecular weight excluding hydrogens is 360 g/mol. The highest BCUT2D eigenvalue weighted by Gasteiger charge is 2.22. The number of rotatable bonds is 6. The maximum Gasteiger partial charge on any atom is 0.272 e. The summed E-state index contributed by atoms with van der Waals surface area (Å²) in [6.45, 7) is 3.95. The summed E-state index contributed by atoms with van der Waals surface area (Å²) in [4.78, 5) is 21.4. The summed E-state index contributed by atoms with van der Waals surface area (Å²) < 4.78 is 0. The lowest BCUT2D eigenvalue weighted by Gasteiger charge is -2.36. The number of anilines is 2. The average Bonchev–Trinajstić information content (AvgIpc) is 2.80. The number of hydrogen-bond acceptors (Lipinski definition) is 4. The van der Waals surface area contributed by atoms with E-state index in [-0.39, 0.29) is 5.91 Å². The molecule has 0 spiro atoms. The number of para-hydroxylation sites is 1. The molecule has 2 aromatic carbocycles. The van der Waals surface area contributed by atoms with Crippen molar-refractivity contribution in [2.24, 2.45) is 0 Å². The van der Waals surface area contributed by atoms with Crippen molar-refractivity contribution in [1.29, 1.82) is 0 Å². The van der Waals surface area contributed by atoms with Crippen LogP contribution in [0.4, 0.5) is 11.4 Å². The second-order valence-corrected chi connectivity index (χ2v) is 7.21.